The van der Waals surface area contributed by atoms with E-state index in [-0.39, 0.29) is 5.69 Å². The summed E-state index contributed by atoms with van der Waals surface area (Å²) >= 11 is 1.39. The highest BCUT2D eigenvalue weighted by Gasteiger charge is 2.09. The molecule has 0 aromatic carbocycles. The molecule has 13 heavy (non-hydrogen) atoms. The van der Waals surface area contributed by atoms with Crippen molar-refractivity contribution in [3.8, 4) is 0 Å². The zero-order valence-corrected chi connectivity index (χ0v) is 8.22. The van der Waals surface area contributed by atoms with Gasteiger partial charge in [-0.25, -0.2) is 9.78 Å². The molecule has 1 aromatic heterocycles. The molecule has 0 aliphatic rings. The van der Waals surface area contributed by atoms with E-state index in [1.807, 2.05) is 6.26 Å². The van der Waals surface area contributed by atoms with Gasteiger partial charge in [0.1, 0.15) is 10.7 Å². The fourth-order valence-corrected chi connectivity index (χ4v) is 1.33. The highest BCUT2D eigenvalue weighted by molar-refractivity contribution is 7.98. The number of esters is 1. The summed E-state index contributed by atoms with van der Waals surface area (Å²) in [5.74, 6) is -0.449. The van der Waals surface area contributed by atoms with Crippen molar-refractivity contribution in [1.29, 1.82) is 0 Å². The average Bonchev–Trinajstić information content (AvgIpc) is 2.17. The Labute approximate surface area is 80.5 Å². The molecule has 1 aromatic rings. The Morgan fingerprint density at radius 2 is 2.31 bits per heavy atom. The number of carbonyl (C=O) groups excluding carboxylic acids is 1. The largest absolute Gasteiger partial charge is 0.464 e. The number of hydrogen-bond acceptors (Lipinski definition) is 5. The number of ether oxygens (including phenoxy) is 1. The van der Waals surface area contributed by atoms with Gasteiger partial charge in [0.2, 0.25) is 0 Å². The van der Waals surface area contributed by atoms with Gasteiger partial charge in [0, 0.05) is 0 Å². The Hall–Kier alpha value is -1.23. The molecule has 0 aliphatic carbocycles. The fraction of sp³-hybridized carbons (Fsp3) is 0.250. The Morgan fingerprint density at radius 1 is 1.62 bits per heavy atom. The third kappa shape index (κ3) is 2.12. The maximum atomic E-state index is 11.1. The van der Waals surface area contributed by atoms with E-state index in [1.54, 1.807) is 12.1 Å². The summed E-state index contributed by atoms with van der Waals surface area (Å²) in [6.07, 6.45) is 1.85. The predicted molar refractivity (Wildman–Crippen MR) is 51.8 cm³/mol. The molecule has 0 aliphatic heterocycles. The van der Waals surface area contributed by atoms with E-state index in [0.29, 0.717) is 10.7 Å². The van der Waals surface area contributed by atoms with Gasteiger partial charge in [0.05, 0.1) is 12.8 Å². The lowest BCUT2D eigenvalue weighted by atomic mass is 10.3. The van der Waals surface area contributed by atoms with E-state index >= 15 is 0 Å². The number of methoxy groups -OCH3 is 1. The van der Waals surface area contributed by atoms with Gasteiger partial charge in [-0.15, -0.1) is 11.8 Å². The molecule has 0 radical (unpaired) electrons. The zero-order valence-electron chi connectivity index (χ0n) is 7.40. The molecule has 0 saturated heterocycles. The number of pyridine rings is 1. The molecule has 1 rings (SSSR count). The zero-order chi connectivity index (χ0) is 9.84. The highest BCUT2D eigenvalue weighted by atomic mass is 32.2. The van der Waals surface area contributed by atoms with Gasteiger partial charge in [-0.1, -0.05) is 0 Å². The van der Waals surface area contributed by atoms with Crippen LogP contribution in [0.1, 0.15) is 10.5 Å². The highest BCUT2D eigenvalue weighted by Crippen LogP contribution is 2.20. The molecule has 0 saturated carbocycles. The smallest absolute Gasteiger partial charge is 0.356 e. The van der Waals surface area contributed by atoms with E-state index in [0.717, 1.165) is 0 Å². The van der Waals surface area contributed by atoms with Crippen molar-refractivity contribution in [3.63, 3.8) is 0 Å². The second-order valence-electron chi connectivity index (χ2n) is 2.29. The second kappa shape index (κ2) is 4.13. The molecule has 2 N–H and O–H groups in total. The normalized spacial score (nSPS) is 9.69. The van der Waals surface area contributed by atoms with Crippen molar-refractivity contribution in [2.24, 2.45) is 0 Å². The van der Waals surface area contributed by atoms with Crippen LogP contribution in [0, 0.1) is 0 Å². The number of anilines is 1. The summed E-state index contributed by atoms with van der Waals surface area (Å²) in [5.41, 5.74) is 6.45. The molecule has 4 nitrogen and oxygen atoms in total. The van der Waals surface area contributed by atoms with Crippen LogP contribution in [0.15, 0.2) is 17.2 Å². The number of rotatable bonds is 2. The SMILES string of the molecule is COC(=O)c1ccc(N)c(SC)n1. The molecular weight excluding hydrogens is 188 g/mol. The lowest BCUT2D eigenvalue weighted by Crippen LogP contribution is -2.05. The van der Waals surface area contributed by atoms with Crippen LogP contribution in [0.3, 0.4) is 0 Å². The van der Waals surface area contributed by atoms with E-state index < -0.39 is 5.97 Å². The molecule has 1 heterocycles. The van der Waals surface area contributed by atoms with Gasteiger partial charge < -0.3 is 10.5 Å². The first-order chi connectivity index (χ1) is 6.19. The molecular formula is C8H10N2O2S. The Bertz CT molecular complexity index is 328. The summed E-state index contributed by atoms with van der Waals surface area (Å²) in [6.45, 7) is 0. The first-order valence-electron chi connectivity index (χ1n) is 3.58. The molecule has 0 bridgehead atoms. The number of nitrogen functional groups attached to an aromatic ring is 1. The maximum absolute atomic E-state index is 11.1. The fourth-order valence-electron chi connectivity index (χ4n) is 0.833. The van der Waals surface area contributed by atoms with Crippen LogP contribution in [0.4, 0.5) is 5.69 Å². The van der Waals surface area contributed by atoms with Gasteiger partial charge in [0.15, 0.2) is 0 Å². The van der Waals surface area contributed by atoms with Crippen molar-refractivity contribution in [2.75, 3.05) is 19.1 Å². The minimum absolute atomic E-state index is 0.279. The maximum Gasteiger partial charge on any atom is 0.356 e. The van der Waals surface area contributed by atoms with Crippen LogP contribution in [0.5, 0.6) is 0 Å². The number of thioether (sulfide) groups is 1. The van der Waals surface area contributed by atoms with Crippen molar-refractivity contribution >= 4 is 23.4 Å². The minimum atomic E-state index is -0.449. The monoisotopic (exact) mass is 198 g/mol. The number of hydrogen-bond donors (Lipinski definition) is 1. The summed E-state index contributed by atoms with van der Waals surface area (Å²) in [7, 11) is 1.32. The van der Waals surface area contributed by atoms with E-state index in [9.17, 15) is 4.79 Å². The van der Waals surface area contributed by atoms with Crippen molar-refractivity contribution in [3.05, 3.63) is 17.8 Å². The molecule has 5 heteroatoms. The van der Waals surface area contributed by atoms with Gasteiger partial charge in [-0.05, 0) is 18.4 Å². The topological polar surface area (TPSA) is 65.2 Å². The first kappa shape index (κ1) is 9.85. The Balaban J connectivity index is 3.06. The molecule has 0 unspecified atom stereocenters. The molecule has 0 atom stereocenters. The lowest BCUT2D eigenvalue weighted by Gasteiger charge is -2.03. The third-order valence-electron chi connectivity index (χ3n) is 1.48. The number of aromatic nitrogens is 1. The van der Waals surface area contributed by atoms with Crippen molar-refractivity contribution in [1.82, 2.24) is 4.98 Å². The van der Waals surface area contributed by atoms with Crippen LogP contribution < -0.4 is 5.73 Å². The Kier molecular flexibility index (Phi) is 3.13. The summed E-state index contributed by atoms with van der Waals surface area (Å²) in [5, 5.41) is 0.642. The second-order valence-corrected chi connectivity index (χ2v) is 3.08. The third-order valence-corrected chi connectivity index (χ3v) is 2.19. The average molecular weight is 198 g/mol. The van der Waals surface area contributed by atoms with E-state index in [2.05, 4.69) is 9.72 Å². The van der Waals surface area contributed by atoms with Crippen LogP contribution in [-0.2, 0) is 4.74 Å². The summed E-state index contributed by atoms with van der Waals surface area (Å²) < 4.78 is 4.52. The molecule has 0 amide bonds. The molecule has 0 fully saturated rings. The van der Waals surface area contributed by atoms with Gasteiger partial charge >= 0.3 is 5.97 Å². The summed E-state index contributed by atoms with van der Waals surface area (Å²) in [4.78, 5) is 15.1. The van der Waals surface area contributed by atoms with Crippen LogP contribution in [-0.4, -0.2) is 24.3 Å². The quantitative estimate of drug-likeness (QED) is 0.571. The number of nitrogens with two attached hydrogens (primary N) is 1. The first-order valence-corrected chi connectivity index (χ1v) is 4.80. The van der Waals surface area contributed by atoms with E-state index in [4.69, 9.17) is 5.73 Å². The standard InChI is InChI=1S/C8H10N2O2S/c1-12-8(11)6-4-3-5(9)7(10-6)13-2/h3-4H,9H2,1-2H3. The predicted octanol–water partition coefficient (Wildman–Crippen LogP) is 1.17. The van der Waals surface area contributed by atoms with Gasteiger partial charge in [0.25, 0.3) is 0 Å². The van der Waals surface area contributed by atoms with Crippen LogP contribution in [0.2, 0.25) is 0 Å². The summed E-state index contributed by atoms with van der Waals surface area (Å²) in [6, 6.07) is 3.19. The van der Waals surface area contributed by atoms with Crippen LogP contribution >= 0.6 is 11.8 Å². The number of carbonyl (C=O) groups is 1. The number of nitrogens with zero attached hydrogens (tertiary/aromatic N) is 1. The minimum Gasteiger partial charge on any atom is -0.464 e. The van der Waals surface area contributed by atoms with Gasteiger partial charge in [-0.3, -0.25) is 0 Å². The lowest BCUT2D eigenvalue weighted by molar-refractivity contribution is 0.0593. The van der Waals surface area contributed by atoms with Crippen LogP contribution in [0.25, 0.3) is 0 Å². The molecule has 0 spiro atoms. The van der Waals surface area contributed by atoms with Gasteiger partial charge in [-0.2, -0.15) is 0 Å². The Morgan fingerprint density at radius 3 is 2.85 bits per heavy atom. The van der Waals surface area contributed by atoms with Crippen molar-refractivity contribution < 1.29 is 9.53 Å². The molecule has 70 valence electrons. The van der Waals surface area contributed by atoms with Crippen molar-refractivity contribution in [2.45, 2.75) is 5.03 Å². The van der Waals surface area contributed by atoms with E-state index in [1.165, 1.54) is 18.9 Å².